The number of furan rings is 1. The summed E-state index contributed by atoms with van der Waals surface area (Å²) in [5, 5.41) is 4.28. The van der Waals surface area contributed by atoms with Crippen molar-refractivity contribution in [2.45, 2.75) is 12.5 Å². The van der Waals surface area contributed by atoms with E-state index in [1.165, 1.54) is 0 Å². The zero-order valence-electron chi connectivity index (χ0n) is 17.8. The van der Waals surface area contributed by atoms with Crippen molar-refractivity contribution in [2.75, 3.05) is 27.2 Å². The molecule has 0 saturated heterocycles. The van der Waals surface area contributed by atoms with Gasteiger partial charge >= 0.3 is 0 Å². The first-order valence-electron chi connectivity index (χ1n) is 10.3. The fraction of sp³-hybridized carbons (Fsp3) is 0.240. The third-order valence-electron chi connectivity index (χ3n) is 5.44. The highest BCUT2D eigenvalue weighted by Gasteiger charge is 2.20. The van der Waals surface area contributed by atoms with Crippen molar-refractivity contribution in [3.05, 3.63) is 90.0 Å². The molecule has 4 rings (SSSR count). The molecule has 0 aliphatic heterocycles. The van der Waals surface area contributed by atoms with Gasteiger partial charge in [0, 0.05) is 29.6 Å². The zero-order chi connectivity index (χ0) is 21.6. The Balaban J connectivity index is 1.49. The predicted molar refractivity (Wildman–Crippen MR) is 121 cm³/mol. The monoisotopic (exact) mass is 417 g/mol. The topological polar surface area (TPSA) is 70.5 Å². The number of aromatic nitrogens is 1. The van der Waals surface area contributed by atoms with E-state index in [0.717, 1.165) is 33.5 Å². The highest BCUT2D eigenvalue weighted by molar-refractivity contribution is 5.84. The molecular formula is C25H27N3O3. The summed E-state index contributed by atoms with van der Waals surface area (Å²) in [5.41, 5.74) is 3.36. The number of aromatic amines is 1. The minimum absolute atomic E-state index is 0.0152. The first kappa shape index (κ1) is 20.8. The maximum absolute atomic E-state index is 12.6. The molecule has 1 amide bonds. The van der Waals surface area contributed by atoms with Crippen LogP contribution in [0, 0.1) is 0 Å². The molecule has 2 heterocycles. The molecule has 6 nitrogen and oxygen atoms in total. The molecule has 4 aromatic rings. The second kappa shape index (κ2) is 9.53. The molecule has 31 heavy (non-hydrogen) atoms. The molecule has 0 radical (unpaired) electrons. The Labute approximate surface area is 181 Å². The van der Waals surface area contributed by atoms with Crippen molar-refractivity contribution < 1.29 is 13.9 Å². The number of nitrogens with one attached hydrogen (secondary N) is 2. The first-order chi connectivity index (χ1) is 15.1. The summed E-state index contributed by atoms with van der Waals surface area (Å²) in [4.78, 5) is 17.9. The van der Waals surface area contributed by atoms with E-state index in [-0.39, 0.29) is 11.8 Å². The number of carbonyl (C=O) groups is 1. The van der Waals surface area contributed by atoms with E-state index in [1.54, 1.807) is 13.4 Å². The van der Waals surface area contributed by atoms with Crippen molar-refractivity contribution in [1.29, 1.82) is 0 Å². The van der Waals surface area contributed by atoms with Gasteiger partial charge in [0.25, 0.3) is 0 Å². The Bertz CT molecular complexity index is 1120. The fourth-order valence-corrected chi connectivity index (χ4v) is 3.87. The number of benzene rings is 2. The number of methoxy groups -OCH3 is 1. The summed E-state index contributed by atoms with van der Waals surface area (Å²) in [6.07, 6.45) is 3.68. The summed E-state index contributed by atoms with van der Waals surface area (Å²) < 4.78 is 10.7. The Morgan fingerprint density at radius 1 is 1.13 bits per heavy atom. The van der Waals surface area contributed by atoms with Crippen LogP contribution in [0.3, 0.4) is 0 Å². The van der Waals surface area contributed by atoms with Gasteiger partial charge in [-0.05, 0) is 48.5 Å². The Hall–Kier alpha value is -3.51. The normalized spacial score (nSPS) is 12.2. The smallest absolute Gasteiger partial charge is 0.234 e. The van der Waals surface area contributed by atoms with Gasteiger partial charge in [0.2, 0.25) is 5.91 Å². The van der Waals surface area contributed by atoms with Crippen LogP contribution in [0.5, 0.6) is 5.75 Å². The second-order valence-corrected chi connectivity index (χ2v) is 7.67. The van der Waals surface area contributed by atoms with Gasteiger partial charge in [-0.25, -0.2) is 0 Å². The summed E-state index contributed by atoms with van der Waals surface area (Å²) in [7, 11) is 3.56. The number of likely N-dealkylation sites (N-methyl/N-ethyl adjacent to an activating group) is 1. The van der Waals surface area contributed by atoms with Gasteiger partial charge in [-0.15, -0.1) is 0 Å². The van der Waals surface area contributed by atoms with Crippen molar-refractivity contribution in [1.82, 2.24) is 15.2 Å². The molecular weight excluding hydrogens is 390 g/mol. The maximum atomic E-state index is 12.6. The lowest BCUT2D eigenvalue weighted by Crippen LogP contribution is -2.37. The molecule has 1 unspecified atom stereocenters. The second-order valence-electron chi connectivity index (χ2n) is 7.67. The maximum Gasteiger partial charge on any atom is 0.234 e. The largest absolute Gasteiger partial charge is 0.497 e. The number of carbonyl (C=O) groups excluding carboxylic acids is 1. The summed E-state index contributed by atoms with van der Waals surface area (Å²) >= 11 is 0. The zero-order valence-corrected chi connectivity index (χ0v) is 17.8. The van der Waals surface area contributed by atoms with E-state index in [2.05, 4.69) is 34.6 Å². The third kappa shape index (κ3) is 4.98. The van der Waals surface area contributed by atoms with Crippen LogP contribution in [0.2, 0.25) is 0 Å². The van der Waals surface area contributed by atoms with Gasteiger partial charge in [0.15, 0.2) is 0 Å². The molecule has 0 aliphatic rings. The number of para-hydroxylation sites is 1. The molecule has 0 saturated carbocycles. The highest BCUT2D eigenvalue weighted by atomic mass is 16.5. The number of ether oxygens (including phenoxy) is 1. The van der Waals surface area contributed by atoms with Crippen LogP contribution in [0.4, 0.5) is 0 Å². The Morgan fingerprint density at radius 2 is 1.94 bits per heavy atom. The van der Waals surface area contributed by atoms with Crippen LogP contribution in [0.15, 0.2) is 77.5 Å². The third-order valence-corrected chi connectivity index (χ3v) is 5.44. The molecule has 2 aromatic carbocycles. The average molecular weight is 418 g/mol. The minimum atomic E-state index is -0.0209. The van der Waals surface area contributed by atoms with E-state index in [0.29, 0.717) is 19.6 Å². The lowest BCUT2D eigenvalue weighted by atomic mass is 9.90. The molecule has 0 spiro atoms. The van der Waals surface area contributed by atoms with E-state index < -0.39 is 0 Å². The van der Waals surface area contributed by atoms with Gasteiger partial charge in [0.05, 0.1) is 26.5 Å². The van der Waals surface area contributed by atoms with E-state index in [1.807, 2.05) is 54.5 Å². The van der Waals surface area contributed by atoms with Crippen molar-refractivity contribution >= 4 is 16.8 Å². The summed E-state index contributed by atoms with van der Waals surface area (Å²) in [5.74, 6) is 1.64. The number of rotatable bonds is 9. The number of hydrogen-bond acceptors (Lipinski definition) is 4. The van der Waals surface area contributed by atoms with Crippen molar-refractivity contribution in [2.24, 2.45) is 0 Å². The van der Waals surface area contributed by atoms with Crippen molar-refractivity contribution in [3.8, 4) is 5.75 Å². The molecule has 0 fully saturated rings. The summed E-state index contributed by atoms with van der Waals surface area (Å²) in [6.45, 7) is 1.39. The first-order valence-corrected chi connectivity index (χ1v) is 10.3. The molecule has 2 aromatic heterocycles. The van der Waals surface area contributed by atoms with E-state index >= 15 is 0 Å². The molecule has 160 valence electrons. The predicted octanol–water partition coefficient (Wildman–Crippen LogP) is 4.15. The van der Waals surface area contributed by atoms with E-state index in [9.17, 15) is 4.79 Å². The Kier molecular flexibility index (Phi) is 6.38. The number of nitrogens with zero attached hydrogens (tertiary/aromatic N) is 1. The lowest BCUT2D eigenvalue weighted by molar-refractivity contribution is -0.122. The van der Waals surface area contributed by atoms with Crippen LogP contribution >= 0.6 is 0 Å². The molecule has 0 bridgehead atoms. The quantitative estimate of drug-likeness (QED) is 0.429. The highest BCUT2D eigenvalue weighted by Crippen LogP contribution is 2.31. The fourth-order valence-electron chi connectivity index (χ4n) is 3.87. The number of H-pyrrole nitrogens is 1. The standard InChI is InChI=1S/C25H27N3O3/c1-28(16-20-6-5-13-31-20)17-25(29)27-14-22(18-9-11-19(30-2)12-10-18)23-15-26-24-8-4-3-7-21(23)24/h3-13,15,22,26H,14,16-17H2,1-2H3,(H,27,29). The van der Waals surface area contributed by atoms with E-state index in [4.69, 9.17) is 9.15 Å². The molecule has 2 N–H and O–H groups in total. The SMILES string of the molecule is COc1ccc(C(CNC(=O)CN(C)Cc2ccco2)c2c[nH]c3ccccc23)cc1. The van der Waals surface area contributed by atoms with Gasteiger partial charge in [-0.2, -0.15) is 0 Å². The van der Waals surface area contributed by atoms with Crippen molar-refractivity contribution in [3.63, 3.8) is 0 Å². The molecule has 1 atom stereocenters. The van der Waals surface area contributed by atoms with Gasteiger partial charge in [0.1, 0.15) is 11.5 Å². The summed E-state index contributed by atoms with van der Waals surface area (Å²) in [6, 6.07) is 20.0. The van der Waals surface area contributed by atoms with Gasteiger partial charge in [-0.3, -0.25) is 9.69 Å². The van der Waals surface area contributed by atoms with Crippen LogP contribution in [0.1, 0.15) is 22.8 Å². The lowest BCUT2D eigenvalue weighted by Gasteiger charge is -2.20. The number of hydrogen-bond donors (Lipinski definition) is 2. The molecule has 0 aliphatic carbocycles. The van der Waals surface area contributed by atoms with Gasteiger partial charge in [-0.1, -0.05) is 30.3 Å². The minimum Gasteiger partial charge on any atom is -0.497 e. The Morgan fingerprint density at radius 3 is 2.68 bits per heavy atom. The van der Waals surface area contributed by atoms with Crippen LogP contribution in [0.25, 0.3) is 10.9 Å². The number of fused-ring (bicyclic) bond motifs is 1. The number of amides is 1. The van der Waals surface area contributed by atoms with Crippen LogP contribution < -0.4 is 10.1 Å². The van der Waals surface area contributed by atoms with Gasteiger partial charge < -0.3 is 19.5 Å². The van der Waals surface area contributed by atoms with Crippen LogP contribution in [-0.4, -0.2) is 43.0 Å². The van der Waals surface area contributed by atoms with Crippen LogP contribution in [-0.2, 0) is 11.3 Å². The average Bonchev–Trinajstić information content (AvgIpc) is 3.44. The molecule has 6 heteroatoms.